The minimum absolute atomic E-state index is 0.0896. The second-order valence-corrected chi connectivity index (χ2v) is 4.75. The maximum atomic E-state index is 9.28. The third kappa shape index (κ3) is 4.78. The van der Waals surface area contributed by atoms with Crippen LogP contribution >= 0.6 is 0 Å². The van der Waals surface area contributed by atoms with Crippen molar-refractivity contribution in [3.8, 4) is 0 Å². The van der Waals surface area contributed by atoms with E-state index in [-0.39, 0.29) is 18.2 Å². The number of aliphatic hydroxyl groups is 1. The highest BCUT2D eigenvalue weighted by atomic mass is 16.5. The van der Waals surface area contributed by atoms with Crippen molar-refractivity contribution in [1.29, 1.82) is 0 Å². The van der Waals surface area contributed by atoms with Gasteiger partial charge in [-0.3, -0.25) is 0 Å². The number of hydrogen-bond acceptors (Lipinski definition) is 4. The van der Waals surface area contributed by atoms with E-state index in [2.05, 4.69) is 5.32 Å². The van der Waals surface area contributed by atoms with Gasteiger partial charge in [-0.15, -0.1) is 0 Å². The molecule has 0 radical (unpaired) electrons. The normalized spacial score (nSPS) is 25.3. The molecule has 0 aliphatic carbocycles. The highest BCUT2D eigenvalue weighted by Gasteiger charge is 2.23. The van der Waals surface area contributed by atoms with E-state index in [1.54, 1.807) is 0 Å². The van der Waals surface area contributed by atoms with Crippen molar-refractivity contribution < 1.29 is 14.6 Å². The lowest BCUT2D eigenvalue weighted by Crippen LogP contribution is -2.50. The fraction of sp³-hybridized carbons (Fsp3) is 1.00. The number of nitrogens with one attached hydrogen (secondary N) is 1. The number of likely N-dealkylation sites (N-methyl/N-ethyl adjacent to an activating group) is 1. The molecule has 1 saturated heterocycles. The molecule has 2 N–H and O–H groups in total. The van der Waals surface area contributed by atoms with Crippen LogP contribution < -0.4 is 5.32 Å². The molecule has 1 aliphatic rings. The third-order valence-electron chi connectivity index (χ3n) is 2.95. The van der Waals surface area contributed by atoms with E-state index in [9.17, 15) is 5.11 Å². The first-order valence-corrected chi connectivity index (χ1v) is 6.25. The van der Waals surface area contributed by atoms with Crippen LogP contribution in [0.25, 0.3) is 0 Å². The largest absolute Gasteiger partial charge is 0.394 e. The van der Waals surface area contributed by atoms with Crippen LogP contribution in [0.1, 0.15) is 33.1 Å². The highest BCUT2D eigenvalue weighted by Crippen LogP contribution is 2.13. The van der Waals surface area contributed by atoms with Gasteiger partial charge in [-0.05, 0) is 32.7 Å². The predicted octanol–water partition coefficient (Wildman–Crippen LogP) is 0.933. The Bertz CT molecular complexity index is 183. The van der Waals surface area contributed by atoms with Crippen molar-refractivity contribution in [1.82, 2.24) is 5.32 Å². The van der Waals surface area contributed by atoms with Crippen LogP contribution in [0.3, 0.4) is 0 Å². The molecule has 0 aromatic heterocycles. The van der Waals surface area contributed by atoms with Gasteiger partial charge in [0.1, 0.15) is 0 Å². The average molecular weight is 231 g/mol. The quantitative estimate of drug-likeness (QED) is 0.684. The summed E-state index contributed by atoms with van der Waals surface area (Å²) in [7, 11) is 0. The Morgan fingerprint density at radius 3 is 2.88 bits per heavy atom. The van der Waals surface area contributed by atoms with E-state index in [1.165, 1.54) is 12.8 Å². The predicted molar refractivity (Wildman–Crippen MR) is 63.6 cm³/mol. The lowest BCUT2D eigenvalue weighted by atomic mass is 10.1. The van der Waals surface area contributed by atoms with E-state index in [1.807, 2.05) is 13.8 Å². The van der Waals surface area contributed by atoms with Crippen LogP contribution in [0.5, 0.6) is 0 Å². The van der Waals surface area contributed by atoms with Gasteiger partial charge in [0.25, 0.3) is 0 Å². The van der Waals surface area contributed by atoms with Gasteiger partial charge in [-0.2, -0.15) is 0 Å². The van der Waals surface area contributed by atoms with Crippen molar-refractivity contribution in [3.63, 3.8) is 0 Å². The summed E-state index contributed by atoms with van der Waals surface area (Å²) in [4.78, 5) is 0. The van der Waals surface area contributed by atoms with Crippen LogP contribution in [0.2, 0.25) is 0 Å². The Morgan fingerprint density at radius 1 is 1.50 bits per heavy atom. The Morgan fingerprint density at radius 2 is 2.31 bits per heavy atom. The fourth-order valence-corrected chi connectivity index (χ4v) is 1.93. The van der Waals surface area contributed by atoms with Crippen molar-refractivity contribution >= 4 is 0 Å². The third-order valence-corrected chi connectivity index (χ3v) is 2.95. The van der Waals surface area contributed by atoms with E-state index >= 15 is 0 Å². The van der Waals surface area contributed by atoms with E-state index in [0.29, 0.717) is 13.2 Å². The molecule has 0 aromatic carbocycles. The Kier molecular flexibility index (Phi) is 6.28. The van der Waals surface area contributed by atoms with Crippen molar-refractivity contribution in [2.75, 3.05) is 33.0 Å². The van der Waals surface area contributed by atoms with Gasteiger partial charge in [0.2, 0.25) is 0 Å². The van der Waals surface area contributed by atoms with Crippen LogP contribution in [0.15, 0.2) is 0 Å². The molecule has 2 atom stereocenters. The average Bonchev–Trinajstić information content (AvgIpc) is 2.31. The fourth-order valence-electron chi connectivity index (χ4n) is 1.93. The summed E-state index contributed by atoms with van der Waals surface area (Å²) in [5.74, 6) is 0. The summed E-state index contributed by atoms with van der Waals surface area (Å²) < 4.78 is 11.2. The monoisotopic (exact) mass is 231 g/mol. The van der Waals surface area contributed by atoms with Gasteiger partial charge < -0.3 is 19.9 Å². The van der Waals surface area contributed by atoms with Crippen LogP contribution in [-0.4, -0.2) is 49.7 Å². The number of aliphatic hydroxyl groups excluding tert-OH is 1. The first-order valence-electron chi connectivity index (χ1n) is 6.25. The minimum atomic E-state index is -0.330. The molecule has 0 spiro atoms. The molecule has 16 heavy (non-hydrogen) atoms. The van der Waals surface area contributed by atoms with Crippen molar-refractivity contribution in [2.45, 2.75) is 44.8 Å². The van der Waals surface area contributed by atoms with Gasteiger partial charge in [-0.1, -0.05) is 6.92 Å². The molecule has 1 fully saturated rings. The molecule has 2 unspecified atom stereocenters. The standard InChI is InChI=1S/C12H25NO3/c1-3-13-12(2,9-14)10-15-8-11-6-4-5-7-16-11/h11,13-14H,3-10H2,1-2H3. The molecular formula is C12H25NO3. The summed E-state index contributed by atoms with van der Waals surface area (Å²) in [6.45, 7) is 6.94. The topological polar surface area (TPSA) is 50.7 Å². The summed E-state index contributed by atoms with van der Waals surface area (Å²) in [6, 6.07) is 0. The first-order chi connectivity index (χ1) is 7.70. The van der Waals surface area contributed by atoms with E-state index in [0.717, 1.165) is 19.6 Å². The molecular weight excluding hydrogens is 206 g/mol. The summed E-state index contributed by atoms with van der Waals surface area (Å²) in [5, 5.41) is 12.5. The van der Waals surface area contributed by atoms with E-state index < -0.39 is 0 Å². The van der Waals surface area contributed by atoms with Crippen molar-refractivity contribution in [2.24, 2.45) is 0 Å². The Labute approximate surface area is 98.3 Å². The van der Waals surface area contributed by atoms with Gasteiger partial charge >= 0.3 is 0 Å². The second kappa shape index (κ2) is 7.22. The molecule has 1 aliphatic heterocycles. The zero-order valence-corrected chi connectivity index (χ0v) is 10.5. The summed E-state index contributed by atoms with van der Waals surface area (Å²) in [5.41, 5.74) is -0.330. The van der Waals surface area contributed by atoms with Crippen LogP contribution in [0.4, 0.5) is 0 Å². The van der Waals surface area contributed by atoms with E-state index in [4.69, 9.17) is 9.47 Å². The SMILES string of the molecule is CCNC(C)(CO)COCC1CCCCO1. The lowest BCUT2D eigenvalue weighted by Gasteiger charge is -2.29. The second-order valence-electron chi connectivity index (χ2n) is 4.75. The maximum Gasteiger partial charge on any atom is 0.0808 e. The molecule has 0 aromatic rings. The van der Waals surface area contributed by atoms with Crippen molar-refractivity contribution in [3.05, 3.63) is 0 Å². The van der Waals surface area contributed by atoms with Gasteiger partial charge in [0, 0.05) is 6.61 Å². The Balaban J connectivity index is 2.16. The molecule has 0 amide bonds. The highest BCUT2D eigenvalue weighted by molar-refractivity contribution is 4.81. The maximum absolute atomic E-state index is 9.28. The van der Waals surface area contributed by atoms with Gasteiger partial charge in [0.05, 0.1) is 31.5 Å². The zero-order chi connectivity index (χ0) is 11.9. The molecule has 96 valence electrons. The molecule has 0 bridgehead atoms. The number of ether oxygens (including phenoxy) is 2. The summed E-state index contributed by atoms with van der Waals surface area (Å²) in [6.07, 6.45) is 3.75. The molecule has 4 nitrogen and oxygen atoms in total. The molecule has 1 heterocycles. The molecule has 4 heteroatoms. The zero-order valence-electron chi connectivity index (χ0n) is 10.5. The van der Waals surface area contributed by atoms with Gasteiger partial charge in [0.15, 0.2) is 0 Å². The molecule has 0 saturated carbocycles. The Hall–Kier alpha value is -0.160. The van der Waals surface area contributed by atoms with Crippen LogP contribution in [-0.2, 0) is 9.47 Å². The lowest BCUT2D eigenvalue weighted by molar-refractivity contribution is -0.0551. The van der Waals surface area contributed by atoms with Gasteiger partial charge in [-0.25, -0.2) is 0 Å². The minimum Gasteiger partial charge on any atom is -0.394 e. The van der Waals surface area contributed by atoms with Crippen LogP contribution in [0, 0.1) is 0 Å². The first kappa shape index (κ1) is 13.9. The molecule has 1 rings (SSSR count). The smallest absolute Gasteiger partial charge is 0.0808 e. The summed E-state index contributed by atoms with van der Waals surface area (Å²) >= 11 is 0. The number of hydrogen-bond donors (Lipinski definition) is 2. The number of rotatable bonds is 7.